The summed E-state index contributed by atoms with van der Waals surface area (Å²) in [6, 6.07) is 1.70. The van der Waals surface area contributed by atoms with Gasteiger partial charge in [0.25, 0.3) is 0 Å². The smallest absolute Gasteiger partial charge is 0.341 e. The summed E-state index contributed by atoms with van der Waals surface area (Å²) in [5.74, 6) is 0.313. The Morgan fingerprint density at radius 1 is 1.06 bits per heavy atom. The molecule has 6 nitrogen and oxygen atoms in total. The number of aromatic nitrogens is 4. The van der Waals surface area contributed by atoms with Crippen molar-refractivity contribution in [2.75, 3.05) is 7.11 Å². The second kappa shape index (κ2) is 4.43. The maximum Gasteiger partial charge on any atom is 0.341 e. The number of carbonyl (C=O) groups excluding carboxylic acids is 1. The van der Waals surface area contributed by atoms with Gasteiger partial charge < -0.3 is 4.74 Å². The zero-order valence-electron chi connectivity index (χ0n) is 8.49. The zero-order chi connectivity index (χ0) is 11.4. The summed E-state index contributed by atoms with van der Waals surface area (Å²) >= 11 is 0. The first-order valence-electron chi connectivity index (χ1n) is 4.49. The van der Waals surface area contributed by atoms with E-state index in [0.29, 0.717) is 17.2 Å². The van der Waals surface area contributed by atoms with Crippen molar-refractivity contribution in [2.24, 2.45) is 0 Å². The SMILES string of the molecule is COC(=O)c1cnc(-c2ncccn2)nc1. The monoisotopic (exact) mass is 216 g/mol. The van der Waals surface area contributed by atoms with E-state index < -0.39 is 5.97 Å². The van der Waals surface area contributed by atoms with E-state index in [-0.39, 0.29) is 0 Å². The van der Waals surface area contributed by atoms with Crippen molar-refractivity contribution in [3.63, 3.8) is 0 Å². The molecule has 0 aliphatic heterocycles. The summed E-state index contributed by atoms with van der Waals surface area (Å²) in [6.07, 6.45) is 5.95. The zero-order valence-corrected chi connectivity index (χ0v) is 8.49. The van der Waals surface area contributed by atoms with Gasteiger partial charge in [0.1, 0.15) is 0 Å². The number of methoxy groups -OCH3 is 1. The molecule has 2 aromatic rings. The highest BCUT2D eigenvalue weighted by Gasteiger charge is 2.08. The van der Waals surface area contributed by atoms with Crippen molar-refractivity contribution in [1.29, 1.82) is 0 Å². The van der Waals surface area contributed by atoms with Gasteiger partial charge in [-0.3, -0.25) is 0 Å². The number of hydrogen-bond acceptors (Lipinski definition) is 6. The largest absolute Gasteiger partial charge is 0.465 e. The van der Waals surface area contributed by atoms with Crippen LogP contribution in [0.3, 0.4) is 0 Å². The fourth-order valence-electron chi connectivity index (χ4n) is 1.08. The van der Waals surface area contributed by atoms with E-state index in [0.717, 1.165) is 0 Å². The average molecular weight is 216 g/mol. The highest BCUT2D eigenvalue weighted by atomic mass is 16.5. The van der Waals surface area contributed by atoms with Crippen LogP contribution < -0.4 is 0 Å². The van der Waals surface area contributed by atoms with E-state index in [1.165, 1.54) is 19.5 Å². The second-order valence-corrected chi connectivity index (χ2v) is 2.86. The van der Waals surface area contributed by atoms with Crippen molar-refractivity contribution in [3.05, 3.63) is 36.4 Å². The minimum Gasteiger partial charge on any atom is -0.465 e. The van der Waals surface area contributed by atoms with Crippen LogP contribution in [0.2, 0.25) is 0 Å². The van der Waals surface area contributed by atoms with Gasteiger partial charge in [-0.1, -0.05) is 0 Å². The molecule has 0 amide bonds. The van der Waals surface area contributed by atoms with Gasteiger partial charge in [-0.25, -0.2) is 24.7 Å². The van der Waals surface area contributed by atoms with Gasteiger partial charge in [0.2, 0.25) is 0 Å². The van der Waals surface area contributed by atoms with E-state index in [1.807, 2.05) is 0 Å². The molecular weight excluding hydrogens is 208 g/mol. The average Bonchev–Trinajstić information content (AvgIpc) is 2.39. The molecule has 0 fully saturated rings. The third kappa shape index (κ3) is 2.00. The van der Waals surface area contributed by atoms with Crippen LogP contribution >= 0.6 is 0 Å². The number of esters is 1. The lowest BCUT2D eigenvalue weighted by Gasteiger charge is -1.99. The molecule has 0 N–H and O–H groups in total. The molecular formula is C10H8N4O2. The standard InChI is InChI=1S/C10H8N4O2/c1-16-10(15)7-5-13-9(14-6-7)8-11-3-2-4-12-8/h2-6H,1H3. The Morgan fingerprint density at radius 2 is 1.62 bits per heavy atom. The summed E-state index contributed by atoms with van der Waals surface area (Å²) in [4.78, 5) is 27.1. The Hall–Kier alpha value is -2.37. The van der Waals surface area contributed by atoms with Crippen molar-refractivity contribution in [2.45, 2.75) is 0 Å². The van der Waals surface area contributed by atoms with Gasteiger partial charge in [0.15, 0.2) is 11.6 Å². The van der Waals surface area contributed by atoms with Crippen molar-refractivity contribution in [3.8, 4) is 11.6 Å². The third-order valence-electron chi connectivity index (χ3n) is 1.84. The van der Waals surface area contributed by atoms with Crippen molar-refractivity contribution < 1.29 is 9.53 Å². The van der Waals surface area contributed by atoms with E-state index in [4.69, 9.17) is 0 Å². The minimum absolute atomic E-state index is 0.294. The molecule has 80 valence electrons. The minimum atomic E-state index is -0.472. The highest BCUT2D eigenvalue weighted by molar-refractivity contribution is 5.88. The molecule has 0 atom stereocenters. The Bertz CT molecular complexity index is 484. The third-order valence-corrected chi connectivity index (χ3v) is 1.84. The molecule has 0 spiro atoms. The van der Waals surface area contributed by atoms with Crippen LogP contribution in [0.15, 0.2) is 30.9 Å². The number of ether oxygens (including phenoxy) is 1. The topological polar surface area (TPSA) is 77.9 Å². The molecule has 2 aromatic heterocycles. The molecule has 0 aliphatic rings. The van der Waals surface area contributed by atoms with Crippen molar-refractivity contribution in [1.82, 2.24) is 19.9 Å². The molecule has 0 radical (unpaired) electrons. The first-order valence-corrected chi connectivity index (χ1v) is 4.49. The molecule has 0 bridgehead atoms. The van der Waals surface area contributed by atoms with Gasteiger partial charge in [0, 0.05) is 24.8 Å². The van der Waals surface area contributed by atoms with E-state index in [1.54, 1.807) is 18.5 Å². The lowest BCUT2D eigenvalue weighted by molar-refractivity contribution is 0.0600. The molecule has 16 heavy (non-hydrogen) atoms. The number of carbonyl (C=O) groups is 1. The van der Waals surface area contributed by atoms with E-state index in [2.05, 4.69) is 24.7 Å². The van der Waals surface area contributed by atoms with Crippen LogP contribution in [0.1, 0.15) is 10.4 Å². The quantitative estimate of drug-likeness (QED) is 0.688. The van der Waals surface area contributed by atoms with Gasteiger partial charge in [0.05, 0.1) is 12.7 Å². The van der Waals surface area contributed by atoms with Crippen LogP contribution in [0.25, 0.3) is 11.6 Å². The van der Waals surface area contributed by atoms with Crippen molar-refractivity contribution >= 4 is 5.97 Å². The molecule has 2 heterocycles. The Balaban J connectivity index is 2.30. The first kappa shape index (κ1) is 10.2. The number of rotatable bonds is 2. The predicted molar refractivity (Wildman–Crippen MR) is 54.4 cm³/mol. The van der Waals surface area contributed by atoms with Gasteiger partial charge >= 0.3 is 5.97 Å². The molecule has 0 aromatic carbocycles. The summed E-state index contributed by atoms with van der Waals surface area (Å²) in [5, 5.41) is 0. The van der Waals surface area contributed by atoms with E-state index in [9.17, 15) is 4.79 Å². The van der Waals surface area contributed by atoms with Crippen LogP contribution in [0.4, 0.5) is 0 Å². The van der Waals surface area contributed by atoms with E-state index >= 15 is 0 Å². The lowest BCUT2D eigenvalue weighted by atomic mass is 10.3. The molecule has 0 saturated carbocycles. The molecule has 6 heteroatoms. The number of hydrogen-bond donors (Lipinski definition) is 0. The fraction of sp³-hybridized carbons (Fsp3) is 0.100. The van der Waals surface area contributed by atoms with Crippen LogP contribution in [0, 0.1) is 0 Å². The summed E-state index contributed by atoms with van der Waals surface area (Å²) in [6.45, 7) is 0. The van der Waals surface area contributed by atoms with Crippen LogP contribution in [-0.4, -0.2) is 33.0 Å². The van der Waals surface area contributed by atoms with Crippen LogP contribution in [0.5, 0.6) is 0 Å². The normalized spacial score (nSPS) is 9.81. The second-order valence-electron chi connectivity index (χ2n) is 2.86. The fourth-order valence-corrected chi connectivity index (χ4v) is 1.08. The van der Waals surface area contributed by atoms with Gasteiger partial charge in [-0.15, -0.1) is 0 Å². The summed E-state index contributed by atoms with van der Waals surface area (Å²) in [7, 11) is 1.30. The maximum absolute atomic E-state index is 11.1. The van der Waals surface area contributed by atoms with Gasteiger partial charge in [-0.2, -0.15) is 0 Å². The molecule has 0 saturated heterocycles. The molecule has 0 unspecified atom stereocenters. The Morgan fingerprint density at radius 3 is 2.19 bits per heavy atom. The first-order chi connectivity index (χ1) is 7.81. The summed E-state index contributed by atoms with van der Waals surface area (Å²) < 4.78 is 4.53. The highest BCUT2D eigenvalue weighted by Crippen LogP contribution is 2.07. The lowest BCUT2D eigenvalue weighted by Crippen LogP contribution is -2.03. The Labute approximate surface area is 91.4 Å². The molecule has 0 aliphatic carbocycles. The van der Waals surface area contributed by atoms with Gasteiger partial charge in [-0.05, 0) is 6.07 Å². The van der Waals surface area contributed by atoms with Crippen LogP contribution in [-0.2, 0) is 4.74 Å². The predicted octanol–water partition coefficient (Wildman–Crippen LogP) is 0.720. The number of nitrogens with zero attached hydrogens (tertiary/aromatic N) is 4. The molecule has 2 rings (SSSR count). The maximum atomic E-state index is 11.1. The Kier molecular flexibility index (Phi) is 2.81. The summed E-state index contributed by atoms with van der Waals surface area (Å²) in [5.41, 5.74) is 0.294.